The molecular weight excluding hydrogens is 144 g/mol. The molecule has 0 aromatic carbocycles. The zero-order valence-corrected chi connectivity index (χ0v) is 5.89. The Morgan fingerprint density at radius 1 is 1.55 bits per heavy atom. The maximum absolute atomic E-state index is 3.78. The Kier molecular flexibility index (Phi) is 1.18. The second-order valence-electron chi connectivity index (χ2n) is 2.08. The van der Waals surface area contributed by atoms with Crippen molar-refractivity contribution >= 4 is 0 Å². The molecule has 0 spiro atoms. The van der Waals surface area contributed by atoms with Gasteiger partial charge in [0.05, 0.1) is 6.20 Å². The van der Waals surface area contributed by atoms with Crippen LogP contribution in [0.3, 0.4) is 0 Å². The monoisotopic (exact) mass is 150 g/mol. The van der Waals surface area contributed by atoms with Gasteiger partial charge in [-0.15, -0.1) is 5.10 Å². The molecule has 6 nitrogen and oxygen atoms in total. The summed E-state index contributed by atoms with van der Waals surface area (Å²) in [6.07, 6.45) is 1.65. The van der Waals surface area contributed by atoms with Gasteiger partial charge in [0.2, 0.25) is 0 Å². The van der Waals surface area contributed by atoms with E-state index in [1.807, 2.05) is 6.92 Å². The van der Waals surface area contributed by atoms with E-state index in [2.05, 4.69) is 25.7 Å². The molecule has 0 aliphatic carbocycles. The van der Waals surface area contributed by atoms with Crippen LogP contribution in [0.25, 0.3) is 5.82 Å². The fourth-order valence-electron chi connectivity index (χ4n) is 0.821. The molecule has 0 amide bonds. The number of rotatable bonds is 1. The minimum atomic E-state index is 0.731. The van der Waals surface area contributed by atoms with Crippen molar-refractivity contribution in [3.63, 3.8) is 0 Å². The molecule has 2 aromatic heterocycles. The fraction of sp³-hybridized carbons (Fsp3) is 0.200. The van der Waals surface area contributed by atoms with Crippen molar-refractivity contribution in [3.8, 4) is 5.82 Å². The maximum Gasteiger partial charge on any atom is 0.155 e. The molecule has 2 aromatic rings. The number of hydrogen-bond donors (Lipinski definition) is 1. The van der Waals surface area contributed by atoms with Gasteiger partial charge >= 0.3 is 0 Å². The second kappa shape index (κ2) is 2.15. The third-order valence-electron chi connectivity index (χ3n) is 1.34. The SMILES string of the molecule is Cc1nnnn1-c1ccn[nH]1. The van der Waals surface area contributed by atoms with E-state index in [1.54, 1.807) is 16.9 Å². The topological polar surface area (TPSA) is 72.3 Å². The molecule has 0 aliphatic rings. The van der Waals surface area contributed by atoms with Crippen LogP contribution in [0.1, 0.15) is 5.82 Å². The molecule has 0 bridgehead atoms. The zero-order valence-electron chi connectivity index (χ0n) is 5.89. The number of nitrogens with zero attached hydrogens (tertiary/aromatic N) is 5. The van der Waals surface area contributed by atoms with Crippen molar-refractivity contribution in [1.82, 2.24) is 30.4 Å². The molecule has 56 valence electrons. The Hall–Kier alpha value is -1.72. The van der Waals surface area contributed by atoms with Crippen LogP contribution >= 0.6 is 0 Å². The van der Waals surface area contributed by atoms with Gasteiger partial charge in [0.15, 0.2) is 11.6 Å². The summed E-state index contributed by atoms with van der Waals surface area (Å²) >= 11 is 0. The molecule has 0 fully saturated rings. The largest absolute Gasteiger partial charge is 0.261 e. The summed E-state index contributed by atoms with van der Waals surface area (Å²) in [5, 5.41) is 17.5. The number of H-pyrrole nitrogens is 1. The molecule has 0 unspecified atom stereocenters. The first-order chi connectivity index (χ1) is 5.38. The fourth-order valence-corrected chi connectivity index (χ4v) is 0.821. The van der Waals surface area contributed by atoms with Gasteiger partial charge in [-0.05, 0) is 17.4 Å². The second-order valence-corrected chi connectivity index (χ2v) is 2.08. The van der Waals surface area contributed by atoms with Gasteiger partial charge in [-0.25, -0.2) is 0 Å². The van der Waals surface area contributed by atoms with Gasteiger partial charge < -0.3 is 0 Å². The van der Waals surface area contributed by atoms with Gasteiger partial charge in [0.1, 0.15) is 0 Å². The summed E-state index contributed by atoms with van der Waals surface area (Å²) in [7, 11) is 0. The quantitative estimate of drug-likeness (QED) is 0.605. The zero-order chi connectivity index (χ0) is 7.68. The van der Waals surface area contributed by atoms with Crippen LogP contribution in [0.4, 0.5) is 0 Å². The van der Waals surface area contributed by atoms with Crippen LogP contribution in [-0.4, -0.2) is 30.4 Å². The number of tetrazole rings is 1. The number of nitrogens with one attached hydrogen (secondary N) is 1. The molecule has 1 N–H and O–H groups in total. The number of aromatic amines is 1. The molecule has 2 rings (SSSR count). The van der Waals surface area contributed by atoms with E-state index < -0.39 is 0 Å². The Morgan fingerprint density at radius 3 is 3.00 bits per heavy atom. The summed E-state index contributed by atoms with van der Waals surface area (Å²) in [5.41, 5.74) is 0. The van der Waals surface area contributed by atoms with E-state index in [0.717, 1.165) is 11.6 Å². The lowest BCUT2D eigenvalue weighted by Gasteiger charge is -1.93. The Labute approximate surface area is 62.2 Å². The van der Waals surface area contributed by atoms with Crippen molar-refractivity contribution in [2.45, 2.75) is 6.92 Å². The number of aryl methyl sites for hydroxylation is 1. The van der Waals surface area contributed by atoms with Crippen molar-refractivity contribution in [3.05, 3.63) is 18.1 Å². The van der Waals surface area contributed by atoms with E-state index in [9.17, 15) is 0 Å². The van der Waals surface area contributed by atoms with Crippen LogP contribution < -0.4 is 0 Å². The van der Waals surface area contributed by atoms with Gasteiger partial charge in [-0.2, -0.15) is 9.78 Å². The lowest BCUT2D eigenvalue weighted by atomic mass is 10.6. The Bertz CT molecular complexity index is 333. The lowest BCUT2D eigenvalue weighted by molar-refractivity contribution is 0.755. The van der Waals surface area contributed by atoms with Gasteiger partial charge in [0.25, 0.3) is 0 Å². The molecule has 0 atom stereocenters. The molecule has 0 radical (unpaired) electrons. The van der Waals surface area contributed by atoms with E-state index in [4.69, 9.17) is 0 Å². The van der Waals surface area contributed by atoms with Gasteiger partial charge in [0, 0.05) is 6.07 Å². The van der Waals surface area contributed by atoms with Gasteiger partial charge in [-0.1, -0.05) is 0 Å². The van der Waals surface area contributed by atoms with Crippen LogP contribution in [-0.2, 0) is 0 Å². The number of aromatic nitrogens is 6. The van der Waals surface area contributed by atoms with Crippen LogP contribution in [0, 0.1) is 6.92 Å². The summed E-state index contributed by atoms with van der Waals surface area (Å²) in [6, 6.07) is 1.80. The molecule has 2 heterocycles. The standard InChI is InChI=1S/C5H6N6/c1-4-7-9-10-11(4)5-2-3-6-8-5/h2-3H,1H3,(H,6,8). The molecule has 11 heavy (non-hydrogen) atoms. The average Bonchev–Trinajstić information content (AvgIpc) is 2.55. The Balaban J connectivity index is 2.53. The van der Waals surface area contributed by atoms with Crippen LogP contribution in [0.15, 0.2) is 12.3 Å². The smallest absolute Gasteiger partial charge is 0.155 e. The predicted octanol–water partition coefficient (Wildman–Crippen LogP) is -0.306. The number of hydrogen-bond acceptors (Lipinski definition) is 4. The van der Waals surface area contributed by atoms with Gasteiger partial charge in [-0.3, -0.25) is 5.10 Å². The molecule has 6 heteroatoms. The van der Waals surface area contributed by atoms with Crippen LogP contribution in [0.2, 0.25) is 0 Å². The highest BCUT2D eigenvalue weighted by atomic mass is 15.6. The van der Waals surface area contributed by atoms with E-state index in [1.165, 1.54) is 0 Å². The van der Waals surface area contributed by atoms with Crippen molar-refractivity contribution in [2.24, 2.45) is 0 Å². The molecular formula is C5H6N6. The lowest BCUT2D eigenvalue weighted by Crippen LogP contribution is -1.99. The van der Waals surface area contributed by atoms with Crippen molar-refractivity contribution in [2.75, 3.05) is 0 Å². The molecule has 0 saturated heterocycles. The molecule has 0 saturated carbocycles. The first kappa shape index (κ1) is 6.02. The minimum absolute atomic E-state index is 0.731. The van der Waals surface area contributed by atoms with Crippen LogP contribution in [0.5, 0.6) is 0 Å². The third-order valence-corrected chi connectivity index (χ3v) is 1.34. The summed E-state index contributed by atoms with van der Waals surface area (Å²) < 4.78 is 1.58. The van der Waals surface area contributed by atoms with E-state index >= 15 is 0 Å². The first-order valence-corrected chi connectivity index (χ1v) is 3.12. The van der Waals surface area contributed by atoms with Crippen molar-refractivity contribution in [1.29, 1.82) is 0 Å². The summed E-state index contributed by atoms with van der Waals surface area (Å²) in [4.78, 5) is 0. The first-order valence-electron chi connectivity index (χ1n) is 3.12. The average molecular weight is 150 g/mol. The Morgan fingerprint density at radius 2 is 2.45 bits per heavy atom. The highest BCUT2D eigenvalue weighted by Gasteiger charge is 2.02. The van der Waals surface area contributed by atoms with E-state index in [-0.39, 0.29) is 0 Å². The third kappa shape index (κ3) is 0.878. The summed E-state index contributed by atoms with van der Waals surface area (Å²) in [5.74, 6) is 1.50. The maximum atomic E-state index is 3.78. The van der Waals surface area contributed by atoms with E-state index in [0.29, 0.717) is 0 Å². The molecule has 0 aliphatic heterocycles. The predicted molar refractivity (Wildman–Crippen MR) is 36.0 cm³/mol. The highest BCUT2D eigenvalue weighted by molar-refractivity contribution is 5.17. The minimum Gasteiger partial charge on any atom is -0.261 e. The normalized spacial score (nSPS) is 10.3. The summed E-state index contributed by atoms with van der Waals surface area (Å²) in [6.45, 7) is 1.82. The highest BCUT2D eigenvalue weighted by Crippen LogP contribution is 1.99. The van der Waals surface area contributed by atoms with Crippen molar-refractivity contribution < 1.29 is 0 Å².